The molecule has 0 radical (unpaired) electrons. The molecule has 1 rings (SSSR count). The van der Waals surface area contributed by atoms with Gasteiger partial charge in [-0.25, -0.2) is 4.21 Å². The molecule has 0 bridgehead atoms. The fourth-order valence-electron chi connectivity index (χ4n) is 1.77. The Balaban J connectivity index is 3.30. The quantitative estimate of drug-likeness (QED) is 0.739. The highest BCUT2D eigenvalue weighted by Gasteiger charge is 2.10. The maximum absolute atomic E-state index is 11.1. The molecule has 0 unspecified atom stereocenters. The van der Waals surface area contributed by atoms with Crippen molar-refractivity contribution in [2.75, 3.05) is 5.75 Å². The molecule has 0 heterocycles. The summed E-state index contributed by atoms with van der Waals surface area (Å²) in [6.45, 7) is 8.30. The minimum atomic E-state index is 0.611. The zero-order valence-electron chi connectivity index (χ0n) is 9.59. The van der Waals surface area contributed by atoms with Crippen LogP contribution in [0.3, 0.4) is 0 Å². The third kappa shape index (κ3) is 2.95. The SMILES string of the molecule is CCSC(=S=O)c1c(C)cc(C)cc1C. The minimum absolute atomic E-state index is 0.611. The van der Waals surface area contributed by atoms with Gasteiger partial charge in [-0.2, -0.15) is 0 Å². The predicted octanol–water partition coefficient (Wildman–Crippen LogP) is 3.06. The molecule has 0 atom stereocenters. The molecule has 1 aromatic rings. The van der Waals surface area contributed by atoms with Crippen molar-refractivity contribution in [1.29, 1.82) is 0 Å². The van der Waals surface area contributed by atoms with E-state index in [2.05, 4.69) is 39.8 Å². The number of aryl methyl sites for hydroxylation is 3. The van der Waals surface area contributed by atoms with Gasteiger partial charge >= 0.3 is 0 Å². The summed E-state index contributed by atoms with van der Waals surface area (Å²) in [5.41, 5.74) is 4.79. The van der Waals surface area contributed by atoms with Crippen molar-refractivity contribution >= 4 is 27.2 Å². The highest BCUT2D eigenvalue weighted by atomic mass is 32.2. The van der Waals surface area contributed by atoms with E-state index in [-0.39, 0.29) is 0 Å². The maximum Gasteiger partial charge on any atom is 0.108 e. The van der Waals surface area contributed by atoms with Crippen LogP contribution in [0.5, 0.6) is 0 Å². The van der Waals surface area contributed by atoms with Gasteiger partial charge in [-0.1, -0.05) is 24.6 Å². The summed E-state index contributed by atoms with van der Waals surface area (Å²) in [6, 6.07) is 4.27. The van der Waals surface area contributed by atoms with Crippen LogP contribution < -0.4 is 0 Å². The Morgan fingerprint density at radius 2 is 1.73 bits per heavy atom. The highest BCUT2D eigenvalue weighted by molar-refractivity contribution is 8.21. The van der Waals surface area contributed by atoms with E-state index in [0.29, 0.717) is 11.3 Å². The van der Waals surface area contributed by atoms with E-state index in [9.17, 15) is 4.21 Å². The molecule has 0 spiro atoms. The summed E-state index contributed by atoms with van der Waals surface area (Å²) in [5.74, 6) is 0.942. The molecular weight excluding hydrogens is 224 g/mol. The summed E-state index contributed by atoms with van der Waals surface area (Å²) in [6.07, 6.45) is 0. The van der Waals surface area contributed by atoms with Crippen LogP contribution in [-0.4, -0.2) is 14.2 Å². The van der Waals surface area contributed by atoms with E-state index in [1.54, 1.807) is 11.8 Å². The van der Waals surface area contributed by atoms with E-state index in [0.717, 1.165) is 15.5 Å². The van der Waals surface area contributed by atoms with Gasteiger partial charge < -0.3 is 0 Å². The Labute approximate surface area is 99.4 Å². The van der Waals surface area contributed by atoms with Crippen LogP contribution in [0.2, 0.25) is 0 Å². The third-order valence-corrected chi connectivity index (χ3v) is 3.90. The first kappa shape index (κ1) is 12.5. The van der Waals surface area contributed by atoms with Crippen LogP contribution in [0, 0.1) is 20.8 Å². The Bertz CT molecular complexity index is 395. The second kappa shape index (κ2) is 5.52. The summed E-state index contributed by atoms with van der Waals surface area (Å²) in [5, 5.41) is 0. The first-order valence-electron chi connectivity index (χ1n) is 4.98. The minimum Gasteiger partial charge on any atom is -0.211 e. The number of hydrogen-bond donors (Lipinski definition) is 0. The second-order valence-electron chi connectivity index (χ2n) is 3.58. The van der Waals surface area contributed by atoms with E-state index >= 15 is 0 Å². The summed E-state index contributed by atoms with van der Waals surface area (Å²) in [7, 11) is 0. The standard InChI is InChI=1S/C12H16OS2/c1-5-14-12(15-13)11-9(3)6-8(2)7-10(11)4/h6-7H,5H2,1-4H3. The van der Waals surface area contributed by atoms with Crippen molar-refractivity contribution in [1.82, 2.24) is 0 Å². The van der Waals surface area contributed by atoms with Gasteiger partial charge in [-0.15, -0.1) is 11.8 Å². The normalized spacial score (nSPS) is 10.1. The molecule has 0 aliphatic heterocycles. The van der Waals surface area contributed by atoms with Crippen LogP contribution in [0.15, 0.2) is 12.1 Å². The van der Waals surface area contributed by atoms with Crippen molar-refractivity contribution in [2.45, 2.75) is 27.7 Å². The Kier molecular flexibility index (Phi) is 4.61. The van der Waals surface area contributed by atoms with Gasteiger partial charge in [0, 0.05) is 5.56 Å². The van der Waals surface area contributed by atoms with Gasteiger partial charge in [0.25, 0.3) is 0 Å². The third-order valence-electron chi connectivity index (χ3n) is 2.23. The Morgan fingerprint density at radius 3 is 2.13 bits per heavy atom. The van der Waals surface area contributed by atoms with Crippen LogP contribution in [0.25, 0.3) is 0 Å². The van der Waals surface area contributed by atoms with E-state index in [1.807, 2.05) is 0 Å². The molecule has 15 heavy (non-hydrogen) atoms. The van der Waals surface area contributed by atoms with E-state index in [4.69, 9.17) is 0 Å². The van der Waals surface area contributed by atoms with Gasteiger partial charge in [0.1, 0.15) is 15.5 Å². The molecule has 0 saturated carbocycles. The average molecular weight is 240 g/mol. The first-order valence-corrected chi connectivity index (χ1v) is 6.70. The Morgan fingerprint density at radius 1 is 1.20 bits per heavy atom. The highest BCUT2D eigenvalue weighted by Crippen LogP contribution is 2.21. The summed E-state index contributed by atoms with van der Waals surface area (Å²) >= 11 is 2.24. The summed E-state index contributed by atoms with van der Waals surface area (Å²) < 4.78 is 12.0. The number of hydrogen-bond acceptors (Lipinski definition) is 2. The molecule has 1 aromatic carbocycles. The largest absolute Gasteiger partial charge is 0.211 e. The van der Waals surface area contributed by atoms with E-state index < -0.39 is 0 Å². The Hall–Kier alpha value is -0.540. The van der Waals surface area contributed by atoms with Crippen molar-refractivity contribution in [3.63, 3.8) is 0 Å². The lowest BCUT2D eigenvalue weighted by molar-refractivity contribution is 0.701. The molecular formula is C12H16OS2. The van der Waals surface area contributed by atoms with Gasteiger partial charge in [-0.05, 0) is 37.7 Å². The molecule has 0 aliphatic rings. The number of rotatable bonds is 2. The van der Waals surface area contributed by atoms with Crippen LogP contribution in [0.1, 0.15) is 29.2 Å². The first-order chi connectivity index (χ1) is 7.10. The number of benzene rings is 1. The van der Waals surface area contributed by atoms with Crippen LogP contribution in [0.4, 0.5) is 0 Å². The number of thioether (sulfide) groups is 1. The van der Waals surface area contributed by atoms with Gasteiger partial charge in [0.2, 0.25) is 0 Å². The molecule has 0 fully saturated rings. The van der Waals surface area contributed by atoms with Crippen LogP contribution >= 0.6 is 11.8 Å². The second-order valence-corrected chi connectivity index (χ2v) is 5.69. The molecule has 3 heteroatoms. The molecule has 0 N–H and O–H groups in total. The van der Waals surface area contributed by atoms with Crippen molar-refractivity contribution in [3.05, 3.63) is 34.4 Å². The smallest absolute Gasteiger partial charge is 0.108 e. The molecule has 82 valence electrons. The summed E-state index contributed by atoms with van der Waals surface area (Å²) in [4.78, 5) is 0. The maximum atomic E-state index is 11.1. The van der Waals surface area contributed by atoms with Gasteiger partial charge in [0.05, 0.1) is 0 Å². The van der Waals surface area contributed by atoms with Crippen molar-refractivity contribution in [2.24, 2.45) is 0 Å². The fourth-order valence-corrected chi connectivity index (χ4v) is 3.45. The van der Waals surface area contributed by atoms with E-state index in [1.165, 1.54) is 16.7 Å². The molecule has 0 aromatic heterocycles. The van der Waals surface area contributed by atoms with Crippen LogP contribution in [-0.2, 0) is 11.3 Å². The molecule has 0 saturated heterocycles. The zero-order valence-corrected chi connectivity index (χ0v) is 11.2. The fraction of sp³-hybridized carbons (Fsp3) is 0.417. The van der Waals surface area contributed by atoms with Gasteiger partial charge in [0.15, 0.2) is 0 Å². The average Bonchev–Trinajstić information content (AvgIpc) is 2.14. The van der Waals surface area contributed by atoms with Gasteiger partial charge in [-0.3, -0.25) is 0 Å². The predicted molar refractivity (Wildman–Crippen MR) is 71.0 cm³/mol. The lowest BCUT2D eigenvalue weighted by atomic mass is 10.0. The topological polar surface area (TPSA) is 17.1 Å². The monoisotopic (exact) mass is 240 g/mol. The molecule has 0 aliphatic carbocycles. The zero-order chi connectivity index (χ0) is 11.4. The van der Waals surface area contributed by atoms with Crippen molar-refractivity contribution in [3.8, 4) is 0 Å². The van der Waals surface area contributed by atoms with Crippen molar-refractivity contribution < 1.29 is 4.21 Å². The lowest BCUT2D eigenvalue weighted by Gasteiger charge is -2.10. The molecule has 0 amide bonds. The molecule has 1 nitrogen and oxygen atoms in total. The lowest BCUT2D eigenvalue weighted by Crippen LogP contribution is -2.02.